The molecule has 0 unspecified atom stereocenters. The fraction of sp³-hybridized carbons (Fsp3) is 0.267. The maximum Gasteiger partial charge on any atom is 0.226 e. The number of aryl methyl sites for hydroxylation is 1. The fourth-order valence-electron chi connectivity index (χ4n) is 1.92. The van der Waals surface area contributed by atoms with Crippen LogP contribution in [0.3, 0.4) is 0 Å². The highest BCUT2D eigenvalue weighted by atomic mass is 79.9. The van der Waals surface area contributed by atoms with Crippen LogP contribution >= 0.6 is 15.9 Å². The summed E-state index contributed by atoms with van der Waals surface area (Å²) in [6, 6.07) is 8.97. The summed E-state index contributed by atoms with van der Waals surface area (Å²) >= 11 is 3.34. The van der Waals surface area contributed by atoms with E-state index in [1.807, 2.05) is 18.2 Å². The van der Waals surface area contributed by atoms with E-state index in [0.29, 0.717) is 17.3 Å². The minimum Gasteiger partial charge on any atom is -0.360 e. The van der Waals surface area contributed by atoms with Crippen molar-refractivity contribution in [3.8, 4) is 0 Å². The van der Waals surface area contributed by atoms with Crippen molar-refractivity contribution in [2.75, 3.05) is 16.8 Å². The van der Waals surface area contributed by atoms with Crippen LogP contribution in [0.25, 0.3) is 0 Å². The van der Waals surface area contributed by atoms with E-state index >= 15 is 0 Å². The molecule has 0 aliphatic carbocycles. The highest BCUT2D eigenvalue weighted by molar-refractivity contribution is 9.10. The number of carbonyl (C=O) groups is 2. The molecular weight excluding hydrogens is 350 g/mol. The van der Waals surface area contributed by atoms with Gasteiger partial charge in [-0.05, 0) is 25.1 Å². The van der Waals surface area contributed by atoms with Gasteiger partial charge in [0, 0.05) is 36.1 Å². The zero-order valence-corrected chi connectivity index (χ0v) is 13.9. The summed E-state index contributed by atoms with van der Waals surface area (Å²) in [5, 5.41) is 6.59. The molecule has 1 heterocycles. The molecule has 2 amide bonds. The molecule has 6 nitrogen and oxygen atoms in total. The number of anilines is 2. The Labute approximate surface area is 136 Å². The van der Waals surface area contributed by atoms with Gasteiger partial charge in [-0.15, -0.1) is 0 Å². The Hall–Kier alpha value is -2.15. The minimum absolute atomic E-state index is 0.165. The Balaban J connectivity index is 1.95. The van der Waals surface area contributed by atoms with Gasteiger partial charge in [-0.2, -0.15) is 0 Å². The third-order valence-electron chi connectivity index (χ3n) is 2.94. The standard InChI is InChI=1S/C15H16BrN3O3/c1-10-8-14(18-22-10)19(11(2)20)7-6-15(21)17-13-5-3-4-12(16)9-13/h3-5,8-9H,6-7H2,1-2H3,(H,17,21). The van der Waals surface area contributed by atoms with Crippen LogP contribution in [-0.4, -0.2) is 23.5 Å². The molecule has 1 N–H and O–H groups in total. The second-order valence-electron chi connectivity index (χ2n) is 4.77. The highest BCUT2D eigenvalue weighted by Gasteiger charge is 2.16. The predicted octanol–water partition coefficient (Wildman–Crippen LogP) is 3.13. The number of hydrogen-bond donors (Lipinski definition) is 1. The summed E-state index contributed by atoms with van der Waals surface area (Å²) in [6.07, 6.45) is 0.165. The van der Waals surface area contributed by atoms with E-state index in [-0.39, 0.29) is 24.8 Å². The van der Waals surface area contributed by atoms with E-state index in [2.05, 4.69) is 26.4 Å². The lowest BCUT2D eigenvalue weighted by atomic mass is 10.3. The third-order valence-corrected chi connectivity index (χ3v) is 3.44. The quantitative estimate of drug-likeness (QED) is 0.882. The van der Waals surface area contributed by atoms with E-state index in [9.17, 15) is 9.59 Å². The van der Waals surface area contributed by atoms with Crippen molar-refractivity contribution < 1.29 is 14.1 Å². The van der Waals surface area contributed by atoms with Crippen LogP contribution in [0.5, 0.6) is 0 Å². The van der Waals surface area contributed by atoms with Gasteiger partial charge in [-0.3, -0.25) is 14.5 Å². The van der Waals surface area contributed by atoms with Gasteiger partial charge in [-0.1, -0.05) is 27.2 Å². The molecule has 0 saturated heterocycles. The van der Waals surface area contributed by atoms with Gasteiger partial charge in [0.25, 0.3) is 0 Å². The molecule has 1 aromatic carbocycles. The lowest BCUT2D eigenvalue weighted by molar-refractivity contribution is -0.117. The number of hydrogen-bond acceptors (Lipinski definition) is 4. The van der Waals surface area contributed by atoms with Gasteiger partial charge < -0.3 is 9.84 Å². The molecule has 0 bridgehead atoms. The van der Waals surface area contributed by atoms with Crippen LogP contribution < -0.4 is 10.2 Å². The van der Waals surface area contributed by atoms with Crippen LogP contribution in [0.1, 0.15) is 19.1 Å². The maximum atomic E-state index is 12.0. The van der Waals surface area contributed by atoms with Gasteiger partial charge >= 0.3 is 0 Å². The number of nitrogens with zero attached hydrogens (tertiary/aromatic N) is 2. The number of halogens is 1. The summed E-state index contributed by atoms with van der Waals surface area (Å²) in [5.41, 5.74) is 0.700. The number of carbonyl (C=O) groups excluding carboxylic acids is 2. The van der Waals surface area contributed by atoms with Crippen molar-refractivity contribution in [3.05, 3.63) is 40.6 Å². The van der Waals surface area contributed by atoms with Crippen molar-refractivity contribution in [3.63, 3.8) is 0 Å². The van der Waals surface area contributed by atoms with Gasteiger partial charge in [0.1, 0.15) is 5.76 Å². The molecule has 2 aromatic rings. The monoisotopic (exact) mass is 365 g/mol. The van der Waals surface area contributed by atoms with Gasteiger partial charge in [-0.25, -0.2) is 0 Å². The highest BCUT2D eigenvalue weighted by Crippen LogP contribution is 2.17. The topological polar surface area (TPSA) is 75.4 Å². The number of amides is 2. The molecule has 7 heteroatoms. The lowest BCUT2D eigenvalue weighted by Crippen LogP contribution is -2.32. The molecule has 0 fully saturated rings. The molecule has 0 aliphatic heterocycles. The van der Waals surface area contributed by atoms with Crippen LogP contribution in [0.4, 0.5) is 11.5 Å². The Morgan fingerprint density at radius 3 is 2.73 bits per heavy atom. The van der Waals surface area contributed by atoms with Crippen LogP contribution in [0.15, 0.2) is 39.3 Å². The minimum atomic E-state index is -0.191. The number of nitrogens with one attached hydrogen (secondary N) is 1. The molecular formula is C15H16BrN3O3. The van der Waals surface area contributed by atoms with Gasteiger partial charge in [0.2, 0.25) is 11.8 Å². The average Bonchev–Trinajstić information content (AvgIpc) is 2.85. The van der Waals surface area contributed by atoms with Crippen molar-refractivity contribution in [1.82, 2.24) is 5.16 Å². The van der Waals surface area contributed by atoms with Gasteiger partial charge in [0.05, 0.1) is 0 Å². The van der Waals surface area contributed by atoms with E-state index in [1.54, 1.807) is 19.1 Å². The van der Waals surface area contributed by atoms with Crippen LogP contribution in [-0.2, 0) is 9.59 Å². The second-order valence-corrected chi connectivity index (χ2v) is 5.69. The molecule has 116 valence electrons. The Morgan fingerprint density at radius 1 is 1.36 bits per heavy atom. The smallest absolute Gasteiger partial charge is 0.226 e. The molecule has 1 aromatic heterocycles. The number of benzene rings is 1. The van der Waals surface area contributed by atoms with Crippen molar-refractivity contribution in [1.29, 1.82) is 0 Å². The summed E-state index contributed by atoms with van der Waals surface area (Å²) in [5.74, 6) is 0.660. The first-order valence-corrected chi connectivity index (χ1v) is 7.52. The first kappa shape index (κ1) is 16.2. The molecule has 22 heavy (non-hydrogen) atoms. The average molecular weight is 366 g/mol. The van der Waals surface area contributed by atoms with E-state index in [4.69, 9.17) is 4.52 Å². The first-order valence-electron chi connectivity index (χ1n) is 6.72. The normalized spacial score (nSPS) is 10.3. The SMILES string of the molecule is CC(=O)N(CCC(=O)Nc1cccc(Br)c1)c1cc(C)on1. The molecule has 2 rings (SSSR count). The molecule has 0 saturated carbocycles. The van der Waals surface area contributed by atoms with Crippen molar-refractivity contribution in [2.45, 2.75) is 20.3 Å². The van der Waals surface area contributed by atoms with E-state index < -0.39 is 0 Å². The molecule has 0 aliphatic rings. The zero-order valence-electron chi connectivity index (χ0n) is 12.3. The van der Waals surface area contributed by atoms with Crippen molar-refractivity contribution in [2.24, 2.45) is 0 Å². The molecule has 0 radical (unpaired) electrons. The summed E-state index contributed by atoms with van der Waals surface area (Å²) < 4.78 is 5.84. The maximum absolute atomic E-state index is 12.0. The Kier molecular flexibility index (Phi) is 5.32. The Morgan fingerprint density at radius 2 is 2.14 bits per heavy atom. The van der Waals surface area contributed by atoms with Crippen LogP contribution in [0, 0.1) is 6.92 Å². The van der Waals surface area contributed by atoms with Gasteiger partial charge in [0.15, 0.2) is 5.82 Å². The zero-order chi connectivity index (χ0) is 16.1. The predicted molar refractivity (Wildman–Crippen MR) is 86.7 cm³/mol. The largest absolute Gasteiger partial charge is 0.360 e. The van der Waals surface area contributed by atoms with E-state index in [1.165, 1.54) is 11.8 Å². The lowest BCUT2D eigenvalue weighted by Gasteiger charge is -2.17. The fourth-order valence-corrected chi connectivity index (χ4v) is 2.32. The first-order chi connectivity index (χ1) is 10.5. The van der Waals surface area contributed by atoms with Crippen LogP contribution in [0.2, 0.25) is 0 Å². The Bertz CT molecular complexity index is 684. The molecule has 0 spiro atoms. The summed E-state index contributed by atoms with van der Waals surface area (Å²) in [6.45, 7) is 3.41. The number of rotatable bonds is 5. The number of aromatic nitrogens is 1. The van der Waals surface area contributed by atoms with Crippen molar-refractivity contribution >= 4 is 39.2 Å². The van der Waals surface area contributed by atoms with E-state index in [0.717, 1.165) is 4.47 Å². The summed E-state index contributed by atoms with van der Waals surface area (Å²) in [4.78, 5) is 25.1. The summed E-state index contributed by atoms with van der Waals surface area (Å²) in [7, 11) is 0. The third kappa shape index (κ3) is 4.42. The second kappa shape index (κ2) is 7.22. The molecule has 0 atom stereocenters.